The number of esters is 1. The first kappa shape index (κ1) is 18.5. The molecule has 1 aromatic heterocycles. The molecule has 0 spiro atoms. The van der Waals surface area contributed by atoms with Crippen molar-refractivity contribution in [3.05, 3.63) is 77.1 Å². The topological polar surface area (TPSA) is 85.2 Å². The summed E-state index contributed by atoms with van der Waals surface area (Å²) < 4.78 is 6.42. The minimum absolute atomic E-state index is 0.367. The van der Waals surface area contributed by atoms with E-state index in [1.165, 1.54) is 13.3 Å². The van der Waals surface area contributed by atoms with Crippen molar-refractivity contribution in [3.63, 3.8) is 0 Å². The Morgan fingerprint density at radius 3 is 2.52 bits per heavy atom. The van der Waals surface area contributed by atoms with E-state index in [4.69, 9.17) is 16.3 Å². The van der Waals surface area contributed by atoms with Crippen molar-refractivity contribution in [2.75, 3.05) is 17.7 Å². The van der Waals surface area contributed by atoms with Gasteiger partial charge in [0.2, 0.25) is 0 Å². The number of hydrogen-bond donors (Lipinski definition) is 2. The van der Waals surface area contributed by atoms with Crippen LogP contribution in [0.15, 0.2) is 60.9 Å². The first-order valence-electron chi connectivity index (χ1n) is 8.07. The normalized spacial score (nSPS) is 10.3. The molecular weight excluding hydrogens is 368 g/mol. The number of hydrogen-bond acceptors (Lipinski definition) is 4. The average Bonchev–Trinajstić information content (AvgIpc) is 3.10. The van der Waals surface area contributed by atoms with Crippen molar-refractivity contribution < 1.29 is 14.3 Å². The lowest BCUT2D eigenvalue weighted by atomic mass is 10.1. The fourth-order valence-electron chi connectivity index (χ4n) is 2.48. The third kappa shape index (κ3) is 4.86. The highest BCUT2D eigenvalue weighted by Gasteiger charge is 2.12. The van der Waals surface area contributed by atoms with Gasteiger partial charge in [-0.2, -0.15) is 5.10 Å². The van der Waals surface area contributed by atoms with Crippen LogP contribution in [0.25, 0.3) is 0 Å². The Hall–Kier alpha value is -3.32. The number of anilines is 2. The third-order valence-corrected chi connectivity index (χ3v) is 4.00. The van der Waals surface area contributed by atoms with Gasteiger partial charge in [-0.1, -0.05) is 29.8 Å². The minimum Gasteiger partial charge on any atom is -0.465 e. The van der Waals surface area contributed by atoms with E-state index in [9.17, 15) is 9.59 Å². The second kappa shape index (κ2) is 8.37. The van der Waals surface area contributed by atoms with Crippen LogP contribution >= 0.6 is 11.6 Å². The summed E-state index contributed by atoms with van der Waals surface area (Å²) in [6.45, 7) is 0.367. The van der Waals surface area contributed by atoms with Gasteiger partial charge in [0.15, 0.2) is 0 Å². The van der Waals surface area contributed by atoms with Crippen molar-refractivity contribution in [1.82, 2.24) is 9.78 Å². The number of rotatable bonds is 5. The summed E-state index contributed by atoms with van der Waals surface area (Å²) in [4.78, 5) is 23.9. The van der Waals surface area contributed by atoms with Gasteiger partial charge >= 0.3 is 12.0 Å². The second-order valence-electron chi connectivity index (χ2n) is 5.66. The summed E-state index contributed by atoms with van der Waals surface area (Å²) in [5.41, 5.74) is 2.39. The number of urea groups is 1. The van der Waals surface area contributed by atoms with E-state index < -0.39 is 12.0 Å². The number of carbonyl (C=O) groups excluding carboxylic acids is 2. The number of benzene rings is 2. The van der Waals surface area contributed by atoms with Gasteiger partial charge in [0, 0.05) is 16.9 Å². The van der Waals surface area contributed by atoms with Crippen LogP contribution in [0.1, 0.15) is 15.9 Å². The molecule has 0 radical (unpaired) electrons. The Bertz CT molecular complexity index is 954. The molecule has 2 N–H and O–H groups in total. The zero-order valence-corrected chi connectivity index (χ0v) is 15.2. The fourth-order valence-corrected chi connectivity index (χ4v) is 2.61. The Morgan fingerprint density at radius 2 is 1.78 bits per heavy atom. The molecule has 0 aliphatic carbocycles. The third-order valence-electron chi connectivity index (χ3n) is 3.75. The van der Waals surface area contributed by atoms with Crippen LogP contribution in [0.2, 0.25) is 5.02 Å². The SMILES string of the molecule is COC(=O)c1ccccc1Cn1cc(NC(=O)Nc2ccc(Cl)cc2)cn1. The second-order valence-corrected chi connectivity index (χ2v) is 6.10. The number of ether oxygens (including phenoxy) is 1. The molecule has 0 aliphatic rings. The van der Waals surface area contributed by atoms with Crippen LogP contribution in [-0.2, 0) is 11.3 Å². The Morgan fingerprint density at radius 1 is 1.07 bits per heavy atom. The Balaban J connectivity index is 1.64. The summed E-state index contributed by atoms with van der Waals surface area (Å²) in [6.07, 6.45) is 3.21. The van der Waals surface area contributed by atoms with E-state index in [0.29, 0.717) is 28.5 Å². The lowest BCUT2D eigenvalue weighted by Gasteiger charge is -2.08. The highest BCUT2D eigenvalue weighted by atomic mass is 35.5. The number of nitrogens with one attached hydrogen (secondary N) is 2. The summed E-state index contributed by atoms with van der Waals surface area (Å²) >= 11 is 5.82. The highest BCUT2D eigenvalue weighted by molar-refractivity contribution is 6.30. The van der Waals surface area contributed by atoms with Gasteiger partial charge < -0.3 is 15.4 Å². The quantitative estimate of drug-likeness (QED) is 0.651. The molecule has 0 aliphatic heterocycles. The predicted octanol–water partition coefficient (Wildman–Crippen LogP) is 4.02. The summed E-state index contributed by atoms with van der Waals surface area (Å²) in [5.74, 6) is -0.404. The van der Waals surface area contributed by atoms with Gasteiger partial charge in [-0.25, -0.2) is 9.59 Å². The molecule has 1 heterocycles. The van der Waals surface area contributed by atoms with Crippen molar-refractivity contribution in [1.29, 1.82) is 0 Å². The van der Waals surface area contributed by atoms with E-state index >= 15 is 0 Å². The predicted molar refractivity (Wildman–Crippen MR) is 103 cm³/mol. The van der Waals surface area contributed by atoms with E-state index in [0.717, 1.165) is 5.56 Å². The molecule has 0 saturated heterocycles. The maximum Gasteiger partial charge on any atom is 0.338 e. The van der Waals surface area contributed by atoms with Gasteiger partial charge in [-0.05, 0) is 35.9 Å². The van der Waals surface area contributed by atoms with Crippen molar-refractivity contribution in [3.8, 4) is 0 Å². The molecule has 2 aromatic carbocycles. The molecule has 0 unspecified atom stereocenters. The molecule has 0 saturated carbocycles. The summed E-state index contributed by atoms with van der Waals surface area (Å²) in [7, 11) is 1.34. The summed E-state index contributed by atoms with van der Waals surface area (Å²) in [5, 5.41) is 10.2. The smallest absolute Gasteiger partial charge is 0.338 e. The van der Waals surface area contributed by atoms with Crippen LogP contribution in [0.4, 0.5) is 16.2 Å². The van der Waals surface area contributed by atoms with Gasteiger partial charge in [0.25, 0.3) is 0 Å². The zero-order valence-electron chi connectivity index (χ0n) is 14.5. The Kier molecular flexibility index (Phi) is 5.73. The van der Waals surface area contributed by atoms with Crippen LogP contribution in [0, 0.1) is 0 Å². The zero-order chi connectivity index (χ0) is 19.2. The Labute approximate surface area is 160 Å². The molecule has 0 bridgehead atoms. The van der Waals surface area contributed by atoms with Crippen LogP contribution in [0.5, 0.6) is 0 Å². The minimum atomic E-state index is -0.404. The fraction of sp³-hybridized carbons (Fsp3) is 0.105. The van der Waals surface area contributed by atoms with Gasteiger partial charge in [-0.3, -0.25) is 4.68 Å². The number of nitrogens with zero attached hydrogens (tertiary/aromatic N) is 2. The first-order chi connectivity index (χ1) is 13.0. The number of carbonyl (C=O) groups is 2. The molecule has 0 fully saturated rings. The number of methoxy groups -OCH3 is 1. The molecule has 3 rings (SSSR count). The van der Waals surface area contributed by atoms with Crippen LogP contribution in [-0.4, -0.2) is 28.9 Å². The standard InChI is InChI=1S/C19H17ClN4O3/c1-27-18(25)17-5-3-2-4-13(17)11-24-12-16(10-21-24)23-19(26)22-15-8-6-14(20)7-9-15/h2-10,12H,11H2,1H3,(H2,22,23,26). The van der Waals surface area contributed by atoms with E-state index in [-0.39, 0.29) is 0 Å². The lowest BCUT2D eigenvalue weighted by Crippen LogP contribution is -2.19. The average molecular weight is 385 g/mol. The van der Waals surface area contributed by atoms with Crippen LogP contribution in [0.3, 0.4) is 0 Å². The molecule has 3 aromatic rings. The monoisotopic (exact) mass is 384 g/mol. The van der Waals surface area contributed by atoms with Crippen LogP contribution < -0.4 is 10.6 Å². The molecule has 2 amide bonds. The molecule has 0 atom stereocenters. The molecule has 138 valence electrons. The number of amides is 2. The molecule has 7 nitrogen and oxygen atoms in total. The van der Waals surface area contributed by atoms with Gasteiger partial charge in [0.1, 0.15) is 0 Å². The summed E-state index contributed by atoms with van der Waals surface area (Å²) in [6, 6.07) is 13.5. The van der Waals surface area contributed by atoms with E-state index in [1.807, 2.05) is 12.1 Å². The van der Waals surface area contributed by atoms with Gasteiger partial charge in [0.05, 0.1) is 31.1 Å². The van der Waals surface area contributed by atoms with Crippen molar-refractivity contribution >= 4 is 35.0 Å². The van der Waals surface area contributed by atoms with E-state index in [2.05, 4.69) is 15.7 Å². The number of halogens is 1. The maximum absolute atomic E-state index is 12.1. The molecule has 27 heavy (non-hydrogen) atoms. The van der Waals surface area contributed by atoms with Crippen molar-refractivity contribution in [2.24, 2.45) is 0 Å². The lowest BCUT2D eigenvalue weighted by molar-refractivity contribution is 0.0599. The largest absolute Gasteiger partial charge is 0.465 e. The van der Waals surface area contributed by atoms with Crippen molar-refractivity contribution in [2.45, 2.75) is 6.54 Å². The highest BCUT2D eigenvalue weighted by Crippen LogP contribution is 2.15. The molecule has 8 heteroatoms. The maximum atomic E-state index is 12.1. The first-order valence-corrected chi connectivity index (χ1v) is 8.45. The molecular formula is C19H17ClN4O3. The van der Waals surface area contributed by atoms with E-state index in [1.54, 1.807) is 47.3 Å². The number of aromatic nitrogens is 2. The van der Waals surface area contributed by atoms with Gasteiger partial charge in [-0.15, -0.1) is 0 Å².